The molecule has 7 atom stereocenters. The molecule has 1 unspecified atom stereocenters. The number of fused-ring (bicyclic) bond motifs is 5. The lowest BCUT2D eigenvalue weighted by Crippen LogP contribution is -2.50. The fourth-order valence-corrected chi connectivity index (χ4v) is 8.73. The minimum absolute atomic E-state index is 0.499. The Morgan fingerprint density at radius 1 is 1.11 bits per heavy atom. The highest BCUT2D eigenvalue weighted by Crippen LogP contribution is 2.67. The van der Waals surface area contributed by atoms with Crippen LogP contribution >= 0.6 is 0 Å². The second-order valence-corrected chi connectivity index (χ2v) is 12.4. The predicted molar refractivity (Wildman–Crippen MR) is 119 cm³/mol. The van der Waals surface area contributed by atoms with Crippen LogP contribution in [0.2, 0.25) is 0 Å². The van der Waals surface area contributed by atoms with Gasteiger partial charge in [0.15, 0.2) is 0 Å². The Kier molecular flexibility index (Phi) is 5.56. The Balaban J connectivity index is 1.47. The van der Waals surface area contributed by atoms with E-state index in [1.165, 1.54) is 70.6 Å². The van der Waals surface area contributed by atoms with Crippen molar-refractivity contribution in [2.24, 2.45) is 40.4 Å². The molecule has 28 heavy (non-hydrogen) atoms. The maximum Gasteiger partial charge on any atom is 0.0591 e. The Hall–Kier alpha value is -0.300. The third kappa shape index (κ3) is 3.52. The van der Waals surface area contributed by atoms with E-state index in [2.05, 4.69) is 26.8 Å². The first-order valence-corrected chi connectivity index (χ1v) is 12.6. The maximum atomic E-state index is 10.1. The predicted octanol–water partition coefficient (Wildman–Crippen LogP) is 7.53. The average molecular weight is 387 g/mol. The molecule has 3 saturated carbocycles. The number of aliphatic hydroxyl groups is 1. The molecule has 1 heteroatoms. The molecule has 4 rings (SSSR count). The van der Waals surface area contributed by atoms with Gasteiger partial charge in [0.1, 0.15) is 0 Å². The van der Waals surface area contributed by atoms with Gasteiger partial charge in [0.05, 0.1) is 5.60 Å². The lowest BCUT2D eigenvalue weighted by molar-refractivity contribution is -0.0503. The van der Waals surface area contributed by atoms with Gasteiger partial charge in [-0.05, 0) is 112 Å². The Morgan fingerprint density at radius 3 is 2.64 bits per heavy atom. The molecular weight excluding hydrogens is 340 g/mol. The first-order chi connectivity index (χ1) is 13.2. The molecule has 160 valence electrons. The van der Waals surface area contributed by atoms with Crippen molar-refractivity contribution in [1.29, 1.82) is 0 Å². The van der Waals surface area contributed by atoms with Gasteiger partial charge in [0.25, 0.3) is 0 Å². The van der Waals surface area contributed by atoms with Crippen LogP contribution in [0.4, 0.5) is 0 Å². The normalized spacial score (nSPS) is 44.3. The van der Waals surface area contributed by atoms with Gasteiger partial charge >= 0.3 is 0 Å². The zero-order valence-electron chi connectivity index (χ0n) is 19.4. The van der Waals surface area contributed by atoms with Gasteiger partial charge in [-0.25, -0.2) is 0 Å². The molecule has 1 N–H and O–H groups in total. The van der Waals surface area contributed by atoms with Crippen LogP contribution in [0.1, 0.15) is 112 Å². The Morgan fingerprint density at radius 2 is 1.89 bits per heavy atom. The molecule has 0 heterocycles. The van der Waals surface area contributed by atoms with E-state index in [4.69, 9.17) is 0 Å². The molecule has 4 aliphatic carbocycles. The third-order valence-corrected chi connectivity index (χ3v) is 10.2. The van der Waals surface area contributed by atoms with Crippen molar-refractivity contribution in [2.45, 2.75) is 117 Å². The molecule has 0 aromatic heterocycles. The highest BCUT2D eigenvalue weighted by atomic mass is 16.3. The summed E-state index contributed by atoms with van der Waals surface area (Å²) in [6, 6.07) is 0. The second kappa shape index (κ2) is 7.44. The van der Waals surface area contributed by atoms with Gasteiger partial charge in [-0.3, -0.25) is 0 Å². The second-order valence-electron chi connectivity index (χ2n) is 12.4. The van der Waals surface area contributed by atoms with Crippen LogP contribution in [0.15, 0.2) is 11.6 Å². The molecule has 0 aromatic carbocycles. The fraction of sp³-hybridized carbons (Fsp3) is 0.926. The van der Waals surface area contributed by atoms with Crippen molar-refractivity contribution in [3.63, 3.8) is 0 Å². The van der Waals surface area contributed by atoms with Gasteiger partial charge in [-0.15, -0.1) is 0 Å². The summed E-state index contributed by atoms with van der Waals surface area (Å²) in [6.07, 6.45) is 19.2. The zero-order valence-corrected chi connectivity index (χ0v) is 19.4. The Bertz CT molecular complexity index is 598. The summed E-state index contributed by atoms with van der Waals surface area (Å²) in [5.41, 5.74) is 2.46. The van der Waals surface area contributed by atoms with Crippen LogP contribution in [0, 0.1) is 40.4 Å². The summed E-state index contributed by atoms with van der Waals surface area (Å²) < 4.78 is 0. The summed E-state index contributed by atoms with van der Waals surface area (Å²) >= 11 is 0. The molecule has 0 bridgehead atoms. The molecule has 0 saturated heterocycles. The minimum atomic E-state index is -0.499. The molecule has 4 aliphatic rings. The summed E-state index contributed by atoms with van der Waals surface area (Å²) in [4.78, 5) is 0. The van der Waals surface area contributed by atoms with Crippen LogP contribution < -0.4 is 0 Å². The van der Waals surface area contributed by atoms with E-state index in [0.29, 0.717) is 10.8 Å². The van der Waals surface area contributed by atoms with Crippen molar-refractivity contribution in [2.75, 3.05) is 0 Å². The topological polar surface area (TPSA) is 20.2 Å². The van der Waals surface area contributed by atoms with Crippen molar-refractivity contribution in [3.8, 4) is 0 Å². The number of allylic oxidation sites excluding steroid dienone is 2. The monoisotopic (exact) mass is 386 g/mol. The van der Waals surface area contributed by atoms with Crippen molar-refractivity contribution >= 4 is 0 Å². The van der Waals surface area contributed by atoms with E-state index in [-0.39, 0.29) is 0 Å². The smallest absolute Gasteiger partial charge is 0.0591 e. The lowest BCUT2D eigenvalue weighted by atomic mass is 9.47. The fourth-order valence-electron chi connectivity index (χ4n) is 8.73. The maximum absolute atomic E-state index is 10.1. The molecular formula is C27H46O. The molecule has 3 fully saturated rings. The van der Waals surface area contributed by atoms with Gasteiger partial charge < -0.3 is 5.11 Å². The molecule has 0 aromatic rings. The number of hydrogen-bond acceptors (Lipinski definition) is 1. The number of hydrogen-bond donors (Lipinski definition) is 1. The SMILES string of the molecule is CC(CCCC(C)(C)O)[C@H]1CC[C@H]2[C@@H]3CC=C4CCCC[C@]4(C)[C@H]3CC[C@]12C. The standard InChI is InChI=1S/C27H46O/c1-19(9-8-16-25(2,3)28)22-13-14-23-21-12-11-20-10-6-7-17-26(20,4)24(21)15-18-27(22,23)5/h11,19,21-24,28H,6-10,12-18H2,1-5H3/t19?,21-,22+,23-,24-,26-,27+/m0/s1. The van der Waals surface area contributed by atoms with E-state index < -0.39 is 5.60 Å². The van der Waals surface area contributed by atoms with E-state index in [9.17, 15) is 5.11 Å². The van der Waals surface area contributed by atoms with Crippen molar-refractivity contribution in [1.82, 2.24) is 0 Å². The first-order valence-electron chi connectivity index (χ1n) is 12.6. The van der Waals surface area contributed by atoms with Crippen LogP contribution in [0.5, 0.6) is 0 Å². The summed E-state index contributed by atoms with van der Waals surface area (Å²) in [7, 11) is 0. The summed E-state index contributed by atoms with van der Waals surface area (Å²) in [6.45, 7) is 11.8. The van der Waals surface area contributed by atoms with Crippen LogP contribution in [-0.2, 0) is 0 Å². The van der Waals surface area contributed by atoms with Crippen LogP contribution in [0.3, 0.4) is 0 Å². The lowest BCUT2D eigenvalue weighted by Gasteiger charge is -2.58. The summed E-state index contributed by atoms with van der Waals surface area (Å²) in [5, 5.41) is 10.1. The molecule has 0 spiro atoms. The van der Waals surface area contributed by atoms with Crippen LogP contribution in [-0.4, -0.2) is 10.7 Å². The molecule has 0 amide bonds. The van der Waals surface area contributed by atoms with E-state index in [0.717, 1.165) is 36.0 Å². The Labute approximate surface area is 174 Å². The van der Waals surface area contributed by atoms with Crippen molar-refractivity contribution in [3.05, 3.63) is 11.6 Å². The quantitative estimate of drug-likeness (QED) is 0.484. The average Bonchev–Trinajstić information content (AvgIpc) is 2.97. The van der Waals surface area contributed by atoms with E-state index in [1.54, 1.807) is 0 Å². The van der Waals surface area contributed by atoms with Gasteiger partial charge in [0.2, 0.25) is 0 Å². The largest absolute Gasteiger partial charge is 0.390 e. The van der Waals surface area contributed by atoms with Crippen LogP contribution in [0.25, 0.3) is 0 Å². The first kappa shape index (κ1) is 21.0. The van der Waals surface area contributed by atoms with E-state index >= 15 is 0 Å². The minimum Gasteiger partial charge on any atom is -0.390 e. The van der Waals surface area contributed by atoms with Gasteiger partial charge in [-0.2, -0.15) is 0 Å². The zero-order chi connectivity index (χ0) is 20.2. The molecule has 0 aliphatic heterocycles. The van der Waals surface area contributed by atoms with Gasteiger partial charge in [-0.1, -0.05) is 51.7 Å². The van der Waals surface area contributed by atoms with E-state index in [1.807, 2.05) is 19.4 Å². The molecule has 1 nitrogen and oxygen atoms in total. The number of rotatable bonds is 5. The molecule has 0 radical (unpaired) electrons. The summed E-state index contributed by atoms with van der Waals surface area (Å²) in [5.74, 6) is 4.61. The van der Waals surface area contributed by atoms with Gasteiger partial charge in [0, 0.05) is 0 Å². The third-order valence-electron chi connectivity index (χ3n) is 10.2. The van der Waals surface area contributed by atoms with Crippen molar-refractivity contribution < 1.29 is 5.11 Å². The highest BCUT2D eigenvalue weighted by Gasteiger charge is 2.58. The highest BCUT2D eigenvalue weighted by molar-refractivity contribution is 5.24.